The molecule has 0 saturated carbocycles. The van der Waals surface area contributed by atoms with Crippen LogP contribution in [0.4, 0.5) is 5.69 Å². The Morgan fingerprint density at radius 2 is 1.64 bits per heavy atom. The van der Waals surface area contributed by atoms with E-state index in [1.807, 2.05) is 24.3 Å². The minimum atomic E-state index is -3.61. The second kappa shape index (κ2) is 9.59. The number of nitrogens with one attached hydrogen (secondary N) is 1. The number of carbonyl (C=O) groups is 1. The van der Waals surface area contributed by atoms with Crippen LogP contribution in [-0.2, 0) is 14.8 Å². The summed E-state index contributed by atoms with van der Waals surface area (Å²) in [6.07, 6.45) is 1.09. The summed E-state index contributed by atoms with van der Waals surface area (Å²) < 4.78 is 31.3. The molecule has 7 heteroatoms. The van der Waals surface area contributed by atoms with Gasteiger partial charge in [0.05, 0.1) is 18.5 Å². The monoisotopic (exact) mass is 404 g/mol. The average molecular weight is 405 g/mol. The van der Waals surface area contributed by atoms with E-state index in [1.54, 1.807) is 37.3 Å². The molecule has 0 spiro atoms. The van der Waals surface area contributed by atoms with E-state index in [-0.39, 0.29) is 12.5 Å². The molecule has 2 aromatic rings. The standard InChI is InChI=1S/C21H28N2O4S/c1-16(2)19-12-8-9-13-20(19)27-15-14-22-21(24)17(3)23(28(4,25)26)18-10-6-5-7-11-18/h5-13,16-17H,14-15H2,1-4H3,(H,22,24)/t17-/m1/s1. The van der Waals surface area contributed by atoms with Crippen molar-refractivity contribution in [3.8, 4) is 5.75 Å². The Morgan fingerprint density at radius 1 is 1.04 bits per heavy atom. The molecule has 0 aromatic heterocycles. The first-order chi connectivity index (χ1) is 13.2. The van der Waals surface area contributed by atoms with E-state index in [9.17, 15) is 13.2 Å². The van der Waals surface area contributed by atoms with Gasteiger partial charge in [0, 0.05) is 0 Å². The number of sulfonamides is 1. The summed E-state index contributed by atoms with van der Waals surface area (Å²) in [7, 11) is -3.61. The number of amides is 1. The highest BCUT2D eigenvalue weighted by Crippen LogP contribution is 2.25. The summed E-state index contributed by atoms with van der Waals surface area (Å²) in [6, 6.07) is 15.5. The van der Waals surface area contributed by atoms with E-state index in [2.05, 4.69) is 19.2 Å². The summed E-state index contributed by atoms with van der Waals surface area (Å²) in [5, 5.41) is 2.75. The van der Waals surface area contributed by atoms with Crippen LogP contribution < -0.4 is 14.4 Å². The summed E-state index contributed by atoms with van der Waals surface area (Å²) in [5.74, 6) is 0.747. The molecule has 0 aliphatic heterocycles. The summed E-state index contributed by atoms with van der Waals surface area (Å²) in [6.45, 7) is 6.33. The smallest absolute Gasteiger partial charge is 0.243 e. The van der Waals surface area contributed by atoms with E-state index in [0.717, 1.165) is 21.9 Å². The lowest BCUT2D eigenvalue weighted by Crippen LogP contribution is -2.48. The molecule has 6 nitrogen and oxygen atoms in total. The predicted octanol–water partition coefficient (Wildman–Crippen LogP) is 3.16. The molecule has 0 fully saturated rings. The third-order valence-electron chi connectivity index (χ3n) is 4.30. The Morgan fingerprint density at radius 3 is 2.25 bits per heavy atom. The molecule has 1 amide bonds. The molecular formula is C21H28N2O4S. The van der Waals surface area contributed by atoms with Crippen molar-refractivity contribution in [2.45, 2.75) is 32.7 Å². The first kappa shape index (κ1) is 21.8. The van der Waals surface area contributed by atoms with Gasteiger partial charge in [0.25, 0.3) is 0 Å². The highest BCUT2D eigenvalue weighted by molar-refractivity contribution is 7.92. The molecule has 0 heterocycles. The largest absolute Gasteiger partial charge is 0.491 e. The lowest BCUT2D eigenvalue weighted by atomic mass is 10.0. The molecule has 28 heavy (non-hydrogen) atoms. The number of para-hydroxylation sites is 2. The predicted molar refractivity (Wildman–Crippen MR) is 112 cm³/mol. The Kier molecular flexibility index (Phi) is 7.45. The molecule has 2 aromatic carbocycles. The van der Waals surface area contributed by atoms with Crippen LogP contribution in [0.25, 0.3) is 0 Å². The van der Waals surface area contributed by atoms with Gasteiger partial charge in [-0.3, -0.25) is 9.10 Å². The Balaban J connectivity index is 1.97. The van der Waals surface area contributed by atoms with Gasteiger partial charge in [-0.05, 0) is 36.6 Å². The molecular weight excluding hydrogens is 376 g/mol. The first-order valence-electron chi connectivity index (χ1n) is 9.25. The molecule has 0 aliphatic rings. The van der Waals surface area contributed by atoms with Crippen molar-refractivity contribution in [1.29, 1.82) is 0 Å². The molecule has 1 atom stereocenters. The summed E-state index contributed by atoms with van der Waals surface area (Å²) in [5.41, 5.74) is 1.56. The minimum absolute atomic E-state index is 0.280. The van der Waals surface area contributed by atoms with Crippen LogP contribution >= 0.6 is 0 Å². The van der Waals surface area contributed by atoms with Gasteiger partial charge < -0.3 is 10.1 Å². The van der Waals surface area contributed by atoms with Crippen molar-refractivity contribution >= 4 is 21.6 Å². The van der Waals surface area contributed by atoms with Crippen LogP contribution in [0.1, 0.15) is 32.3 Å². The van der Waals surface area contributed by atoms with Crippen molar-refractivity contribution in [3.63, 3.8) is 0 Å². The van der Waals surface area contributed by atoms with Crippen LogP contribution in [0.5, 0.6) is 5.75 Å². The van der Waals surface area contributed by atoms with Crippen LogP contribution in [-0.4, -0.2) is 39.8 Å². The van der Waals surface area contributed by atoms with Gasteiger partial charge in [0.15, 0.2) is 0 Å². The first-order valence-corrected chi connectivity index (χ1v) is 11.1. The molecule has 0 saturated heterocycles. The number of anilines is 1. The van der Waals surface area contributed by atoms with Gasteiger partial charge in [-0.1, -0.05) is 50.2 Å². The lowest BCUT2D eigenvalue weighted by molar-refractivity contribution is -0.121. The van der Waals surface area contributed by atoms with E-state index >= 15 is 0 Å². The Hall–Kier alpha value is -2.54. The zero-order chi connectivity index (χ0) is 20.7. The zero-order valence-corrected chi connectivity index (χ0v) is 17.6. The van der Waals surface area contributed by atoms with E-state index in [0.29, 0.717) is 18.2 Å². The number of benzene rings is 2. The third-order valence-corrected chi connectivity index (χ3v) is 5.54. The minimum Gasteiger partial charge on any atom is -0.491 e. The summed E-state index contributed by atoms with van der Waals surface area (Å²) in [4.78, 5) is 12.5. The summed E-state index contributed by atoms with van der Waals surface area (Å²) >= 11 is 0. The van der Waals surface area contributed by atoms with Crippen LogP contribution in [0.3, 0.4) is 0 Å². The van der Waals surface area contributed by atoms with Crippen molar-refractivity contribution < 1.29 is 17.9 Å². The third kappa shape index (κ3) is 5.73. The van der Waals surface area contributed by atoms with Crippen LogP contribution in [0.2, 0.25) is 0 Å². The van der Waals surface area contributed by atoms with Crippen molar-refractivity contribution in [2.75, 3.05) is 23.7 Å². The fourth-order valence-electron chi connectivity index (χ4n) is 2.96. The molecule has 0 bridgehead atoms. The van der Waals surface area contributed by atoms with Gasteiger partial charge in [-0.15, -0.1) is 0 Å². The van der Waals surface area contributed by atoms with Gasteiger partial charge in [-0.25, -0.2) is 8.42 Å². The van der Waals surface area contributed by atoms with Crippen molar-refractivity contribution in [1.82, 2.24) is 5.32 Å². The van der Waals surface area contributed by atoms with E-state index < -0.39 is 16.1 Å². The number of nitrogens with zero attached hydrogens (tertiary/aromatic N) is 1. The second-order valence-electron chi connectivity index (χ2n) is 6.90. The normalized spacial score (nSPS) is 12.5. The van der Waals surface area contributed by atoms with Crippen LogP contribution in [0.15, 0.2) is 54.6 Å². The lowest BCUT2D eigenvalue weighted by Gasteiger charge is -2.28. The zero-order valence-electron chi connectivity index (χ0n) is 16.8. The molecule has 0 radical (unpaired) electrons. The molecule has 1 N–H and O–H groups in total. The maximum Gasteiger partial charge on any atom is 0.243 e. The quantitative estimate of drug-likeness (QED) is 0.652. The maximum atomic E-state index is 12.5. The number of hydrogen-bond acceptors (Lipinski definition) is 4. The highest BCUT2D eigenvalue weighted by atomic mass is 32.2. The van der Waals surface area contributed by atoms with Gasteiger partial charge in [0.1, 0.15) is 18.4 Å². The number of rotatable bonds is 9. The molecule has 2 rings (SSSR count). The van der Waals surface area contributed by atoms with Gasteiger partial charge >= 0.3 is 0 Å². The van der Waals surface area contributed by atoms with Crippen molar-refractivity contribution in [3.05, 3.63) is 60.2 Å². The average Bonchev–Trinajstić information content (AvgIpc) is 2.65. The van der Waals surface area contributed by atoms with Crippen molar-refractivity contribution in [2.24, 2.45) is 0 Å². The van der Waals surface area contributed by atoms with Gasteiger partial charge in [-0.2, -0.15) is 0 Å². The Bertz CT molecular complexity index is 882. The SMILES string of the molecule is CC(C)c1ccccc1OCCNC(=O)[C@@H](C)N(c1ccccc1)S(C)(=O)=O. The van der Waals surface area contributed by atoms with E-state index in [4.69, 9.17) is 4.74 Å². The number of hydrogen-bond donors (Lipinski definition) is 1. The fraction of sp³-hybridized carbons (Fsp3) is 0.381. The molecule has 152 valence electrons. The molecule has 0 unspecified atom stereocenters. The highest BCUT2D eigenvalue weighted by Gasteiger charge is 2.28. The maximum absolute atomic E-state index is 12.5. The Labute approximate surface area is 167 Å². The van der Waals surface area contributed by atoms with Gasteiger partial charge in [0.2, 0.25) is 15.9 Å². The second-order valence-corrected chi connectivity index (χ2v) is 8.76. The van der Waals surface area contributed by atoms with E-state index in [1.165, 1.54) is 0 Å². The molecule has 0 aliphatic carbocycles. The number of carbonyl (C=O) groups excluding carboxylic acids is 1. The fourth-order valence-corrected chi connectivity index (χ4v) is 4.13. The number of ether oxygens (including phenoxy) is 1. The topological polar surface area (TPSA) is 75.7 Å². The van der Waals surface area contributed by atoms with Crippen LogP contribution in [0, 0.1) is 0 Å².